The molecule has 0 radical (unpaired) electrons. The number of ether oxygens (including phenoxy) is 2. The van der Waals surface area contributed by atoms with Crippen LogP contribution in [0.2, 0.25) is 10.0 Å². The van der Waals surface area contributed by atoms with E-state index < -0.39 is 0 Å². The summed E-state index contributed by atoms with van der Waals surface area (Å²) in [5.41, 5.74) is 1.30. The molecule has 1 N–H and O–H groups in total. The fraction of sp³-hybridized carbons (Fsp3) is 0.278. The maximum absolute atomic E-state index is 12.9. The molecule has 8 heteroatoms. The van der Waals surface area contributed by atoms with E-state index in [-0.39, 0.29) is 11.4 Å². The summed E-state index contributed by atoms with van der Waals surface area (Å²) in [5.74, 6) is 2.07. The maximum Gasteiger partial charge on any atom is 0.323 e. The van der Waals surface area contributed by atoms with E-state index in [1.165, 1.54) is 0 Å². The van der Waals surface area contributed by atoms with Gasteiger partial charge in [-0.1, -0.05) is 41.4 Å². The molecule has 1 aliphatic rings. The second-order valence-electron chi connectivity index (χ2n) is 5.53. The van der Waals surface area contributed by atoms with E-state index in [0.717, 1.165) is 11.3 Å². The van der Waals surface area contributed by atoms with Crippen LogP contribution in [0, 0.1) is 0 Å². The van der Waals surface area contributed by atoms with Crippen LogP contribution in [0.1, 0.15) is 10.9 Å². The molecule has 1 fully saturated rings. The second-order valence-corrected chi connectivity index (χ2v) is 7.53. The summed E-state index contributed by atoms with van der Waals surface area (Å²) in [5, 5.41) is 3.42. The van der Waals surface area contributed by atoms with E-state index in [1.807, 2.05) is 18.2 Å². The highest BCUT2D eigenvalue weighted by atomic mass is 35.5. The first-order valence-corrected chi connectivity index (χ1v) is 9.71. The lowest BCUT2D eigenvalue weighted by Gasteiger charge is -2.26. The van der Waals surface area contributed by atoms with E-state index in [2.05, 4.69) is 5.32 Å². The van der Waals surface area contributed by atoms with Gasteiger partial charge in [-0.25, -0.2) is 4.79 Å². The summed E-state index contributed by atoms with van der Waals surface area (Å²) >= 11 is 14.0. The first-order valence-electron chi connectivity index (χ1n) is 7.91. The zero-order valence-electron chi connectivity index (χ0n) is 14.3. The largest absolute Gasteiger partial charge is 0.493 e. The van der Waals surface area contributed by atoms with Crippen LogP contribution in [-0.4, -0.2) is 37.4 Å². The van der Waals surface area contributed by atoms with Crippen LogP contribution >= 0.6 is 35.0 Å². The number of thioether (sulfide) groups is 1. The number of para-hydroxylation sites is 2. The molecule has 2 amide bonds. The Balaban J connectivity index is 1.88. The van der Waals surface area contributed by atoms with Gasteiger partial charge in [0.05, 0.1) is 30.0 Å². The normalized spacial score (nSPS) is 16.5. The molecule has 3 rings (SSSR count). The Morgan fingerprint density at radius 3 is 2.50 bits per heavy atom. The summed E-state index contributed by atoms with van der Waals surface area (Å²) in [6.07, 6.45) is 0. The molecular formula is C18H18Cl2N2O3S. The van der Waals surface area contributed by atoms with Crippen molar-refractivity contribution in [3.8, 4) is 11.5 Å². The van der Waals surface area contributed by atoms with Gasteiger partial charge in [-0.3, -0.25) is 0 Å². The average molecular weight is 413 g/mol. The van der Waals surface area contributed by atoms with Gasteiger partial charge in [-0.05, 0) is 18.2 Å². The van der Waals surface area contributed by atoms with Gasteiger partial charge < -0.3 is 19.7 Å². The van der Waals surface area contributed by atoms with E-state index >= 15 is 0 Å². The standard InChI is InChI=1S/C18H18Cl2N2O3S/c1-24-14-8-3-5-11(16(14)25-2)17-22(9-10-26-17)18(23)21-15-12(19)6-4-7-13(15)20/h3-8,17H,9-10H2,1-2H3,(H,21,23). The van der Waals surface area contributed by atoms with Crippen LogP contribution in [0.15, 0.2) is 36.4 Å². The minimum absolute atomic E-state index is 0.193. The molecule has 1 aliphatic heterocycles. The van der Waals surface area contributed by atoms with Crippen LogP contribution < -0.4 is 14.8 Å². The number of nitrogens with zero attached hydrogens (tertiary/aromatic N) is 1. The molecule has 1 unspecified atom stereocenters. The average Bonchev–Trinajstić information content (AvgIpc) is 3.13. The lowest BCUT2D eigenvalue weighted by atomic mass is 10.1. The number of urea groups is 1. The topological polar surface area (TPSA) is 50.8 Å². The fourth-order valence-corrected chi connectivity index (χ4v) is 4.60. The highest BCUT2D eigenvalue weighted by molar-refractivity contribution is 7.99. The Kier molecular flexibility index (Phi) is 6.06. The summed E-state index contributed by atoms with van der Waals surface area (Å²) in [6.45, 7) is 0.601. The summed E-state index contributed by atoms with van der Waals surface area (Å²) in [7, 11) is 3.18. The van der Waals surface area contributed by atoms with Crippen molar-refractivity contribution in [2.24, 2.45) is 0 Å². The minimum Gasteiger partial charge on any atom is -0.493 e. The molecule has 0 bridgehead atoms. The molecule has 0 aromatic heterocycles. The number of anilines is 1. The number of methoxy groups -OCH3 is 2. The molecule has 0 saturated carbocycles. The zero-order chi connectivity index (χ0) is 18.7. The molecule has 2 aromatic rings. The number of carbonyl (C=O) groups excluding carboxylic acids is 1. The van der Waals surface area contributed by atoms with Crippen LogP contribution in [0.25, 0.3) is 0 Å². The molecule has 1 atom stereocenters. The minimum atomic E-state index is -0.264. The van der Waals surface area contributed by atoms with Crippen molar-refractivity contribution in [3.05, 3.63) is 52.0 Å². The lowest BCUT2D eigenvalue weighted by molar-refractivity contribution is 0.213. The fourth-order valence-electron chi connectivity index (χ4n) is 2.84. The predicted molar refractivity (Wildman–Crippen MR) is 107 cm³/mol. The molecule has 5 nitrogen and oxygen atoms in total. The molecule has 0 aliphatic carbocycles. The van der Waals surface area contributed by atoms with E-state index in [1.54, 1.807) is 49.1 Å². The van der Waals surface area contributed by atoms with Crippen molar-refractivity contribution in [3.63, 3.8) is 0 Å². The third-order valence-electron chi connectivity index (χ3n) is 4.05. The summed E-state index contributed by atoms with van der Waals surface area (Å²) in [6, 6.07) is 10.5. The highest BCUT2D eigenvalue weighted by Crippen LogP contribution is 2.45. The monoisotopic (exact) mass is 412 g/mol. The molecule has 2 aromatic carbocycles. The Hall–Kier alpha value is -1.76. The van der Waals surface area contributed by atoms with Crippen LogP contribution in [0.4, 0.5) is 10.5 Å². The first kappa shape index (κ1) is 19.0. The van der Waals surface area contributed by atoms with Gasteiger partial charge in [0, 0.05) is 17.9 Å². The van der Waals surface area contributed by atoms with Gasteiger partial charge in [-0.15, -0.1) is 11.8 Å². The molecular weight excluding hydrogens is 395 g/mol. The smallest absolute Gasteiger partial charge is 0.323 e. The van der Waals surface area contributed by atoms with E-state index in [4.69, 9.17) is 32.7 Å². The third-order valence-corrected chi connectivity index (χ3v) is 5.92. The highest BCUT2D eigenvalue weighted by Gasteiger charge is 2.34. The lowest BCUT2D eigenvalue weighted by Crippen LogP contribution is -2.34. The maximum atomic E-state index is 12.9. The van der Waals surface area contributed by atoms with Crippen molar-refractivity contribution in [2.75, 3.05) is 31.8 Å². The van der Waals surface area contributed by atoms with Crippen molar-refractivity contribution < 1.29 is 14.3 Å². The SMILES string of the molecule is COc1cccc(C2SCCN2C(=O)Nc2c(Cl)cccc2Cl)c1OC. The van der Waals surface area contributed by atoms with Crippen LogP contribution in [-0.2, 0) is 0 Å². The van der Waals surface area contributed by atoms with Gasteiger partial charge in [0.15, 0.2) is 11.5 Å². The van der Waals surface area contributed by atoms with Crippen molar-refractivity contribution >= 4 is 46.7 Å². The zero-order valence-corrected chi connectivity index (χ0v) is 16.6. The Morgan fingerprint density at radius 1 is 1.15 bits per heavy atom. The van der Waals surface area contributed by atoms with Gasteiger partial charge >= 0.3 is 6.03 Å². The van der Waals surface area contributed by atoms with E-state index in [9.17, 15) is 4.79 Å². The number of hydrogen-bond acceptors (Lipinski definition) is 4. The Bertz CT molecular complexity index is 799. The first-order chi connectivity index (χ1) is 12.6. The predicted octanol–water partition coefficient (Wildman–Crippen LogP) is 5.29. The third kappa shape index (κ3) is 3.68. The number of benzene rings is 2. The van der Waals surface area contributed by atoms with Crippen LogP contribution in [0.3, 0.4) is 0 Å². The summed E-state index contributed by atoms with van der Waals surface area (Å²) < 4.78 is 10.9. The van der Waals surface area contributed by atoms with Crippen LogP contribution in [0.5, 0.6) is 11.5 Å². The molecule has 1 heterocycles. The number of hydrogen-bond donors (Lipinski definition) is 1. The molecule has 138 valence electrons. The van der Waals surface area contributed by atoms with Crippen molar-refractivity contribution in [2.45, 2.75) is 5.37 Å². The molecule has 0 spiro atoms. The number of carbonyl (C=O) groups is 1. The number of nitrogens with one attached hydrogen (secondary N) is 1. The quantitative estimate of drug-likeness (QED) is 0.740. The van der Waals surface area contributed by atoms with E-state index in [0.29, 0.717) is 33.8 Å². The second kappa shape index (κ2) is 8.29. The number of rotatable bonds is 4. The van der Waals surface area contributed by atoms with Crippen molar-refractivity contribution in [1.29, 1.82) is 0 Å². The Morgan fingerprint density at radius 2 is 1.85 bits per heavy atom. The molecule has 1 saturated heterocycles. The van der Waals surface area contributed by atoms with Gasteiger partial charge in [-0.2, -0.15) is 0 Å². The number of amides is 2. The van der Waals surface area contributed by atoms with Gasteiger partial charge in [0.25, 0.3) is 0 Å². The molecule has 26 heavy (non-hydrogen) atoms. The Labute approximate surface area is 166 Å². The van der Waals surface area contributed by atoms with Gasteiger partial charge in [0.1, 0.15) is 5.37 Å². The number of halogens is 2. The van der Waals surface area contributed by atoms with Crippen molar-refractivity contribution in [1.82, 2.24) is 4.90 Å². The van der Waals surface area contributed by atoms with Gasteiger partial charge in [0.2, 0.25) is 0 Å². The summed E-state index contributed by atoms with van der Waals surface area (Å²) in [4.78, 5) is 14.6.